The molecule has 1 N–H and O–H groups in total. The minimum atomic E-state index is -0.0508. The smallest absolute Gasteiger partial charge is 0.176 e. The van der Waals surface area contributed by atoms with Crippen LogP contribution in [0.3, 0.4) is 0 Å². The Morgan fingerprint density at radius 3 is 2.78 bits per heavy atom. The maximum atomic E-state index is 12.0. The number of hydrogen-bond acceptors (Lipinski definition) is 3. The van der Waals surface area contributed by atoms with Crippen LogP contribution in [0.2, 0.25) is 0 Å². The first-order valence-corrected chi connectivity index (χ1v) is 6.09. The molecule has 0 unspecified atom stereocenters. The van der Waals surface area contributed by atoms with Gasteiger partial charge in [-0.25, -0.2) is 0 Å². The Morgan fingerprint density at radius 1 is 1.28 bits per heavy atom. The van der Waals surface area contributed by atoms with Crippen molar-refractivity contribution in [3.05, 3.63) is 42.1 Å². The van der Waals surface area contributed by atoms with Gasteiger partial charge in [0, 0.05) is 22.7 Å². The molecule has 18 heavy (non-hydrogen) atoms. The lowest BCUT2D eigenvalue weighted by atomic mass is 10.1. The number of pyridine rings is 1. The summed E-state index contributed by atoms with van der Waals surface area (Å²) in [4.78, 5) is 16.3. The third kappa shape index (κ3) is 3.14. The quantitative estimate of drug-likeness (QED) is 0.841. The SMILES string of the molecule is CC(C)(C)NCC(=O)c1ccc2cccnc2c1. The zero-order valence-electron chi connectivity index (χ0n) is 11.0. The van der Waals surface area contributed by atoms with Crippen molar-refractivity contribution in [1.82, 2.24) is 10.3 Å². The van der Waals surface area contributed by atoms with E-state index in [-0.39, 0.29) is 11.3 Å². The fraction of sp³-hybridized carbons (Fsp3) is 0.333. The Kier molecular flexibility index (Phi) is 3.43. The topological polar surface area (TPSA) is 42.0 Å². The number of Topliss-reactive ketones (excluding diaryl/α,β-unsaturated/α-hetero) is 1. The van der Waals surface area contributed by atoms with Gasteiger partial charge in [0.15, 0.2) is 5.78 Å². The molecule has 0 amide bonds. The van der Waals surface area contributed by atoms with E-state index in [1.807, 2.05) is 51.1 Å². The molecule has 0 aliphatic carbocycles. The summed E-state index contributed by atoms with van der Waals surface area (Å²) < 4.78 is 0. The van der Waals surface area contributed by atoms with Gasteiger partial charge in [-0.05, 0) is 32.9 Å². The van der Waals surface area contributed by atoms with E-state index in [0.29, 0.717) is 12.1 Å². The van der Waals surface area contributed by atoms with Gasteiger partial charge in [-0.15, -0.1) is 0 Å². The third-order valence-electron chi connectivity index (χ3n) is 2.71. The predicted octanol–water partition coefficient (Wildman–Crippen LogP) is 2.81. The van der Waals surface area contributed by atoms with Crippen molar-refractivity contribution >= 4 is 16.7 Å². The molecule has 1 heterocycles. The van der Waals surface area contributed by atoms with E-state index in [0.717, 1.165) is 10.9 Å². The van der Waals surface area contributed by atoms with E-state index in [1.54, 1.807) is 6.20 Å². The molecule has 94 valence electrons. The summed E-state index contributed by atoms with van der Waals surface area (Å²) in [6, 6.07) is 9.53. The molecule has 0 aliphatic heterocycles. The fourth-order valence-corrected chi connectivity index (χ4v) is 1.69. The average molecular weight is 242 g/mol. The first-order chi connectivity index (χ1) is 8.46. The lowest BCUT2D eigenvalue weighted by Crippen LogP contribution is -2.39. The predicted molar refractivity (Wildman–Crippen MR) is 73.8 cm³/mol. The first kappa shape index (κ1) is 12.7. The Balaban J connectivity index is 2.18. The molecule has 2 aromatic rings. The van der Waals surface area contributed by atoms with Crippen LogP contribution in [0, 0.1) is 0 Å². The van der Waals surface area contributed by atoms with Crippen LogP contribution >= 0.6 is 0 Å². The van der Waals surface area contributed by atoms with Crippen molar-refractivity contribution < 1.29 is 4.79 Å². The second-order valence-corrected chi connectivity index (χ2v) is 5.44. The van der Waals surface area contributed by atoms with Crippen LogP contribution in [0.25, 0.3) is 10.9 Å². The zero-order valence-corrected chi connectivity index (χ0v) is 11.0. The van der Waals surface area contributed by atoms with Gasteiger partial charge in [0.25, 0.3) is 0 Å². The lowest BCUT2D eigenvalue weighted by Gasteiger charge is -2.19. The third-order valence-corrected chi connectivity index (χ3v) is 2.71. The summed E-state index contributed by atoms with van der Waals surface area (Å²) in [5.41, 5.74) is 1.52. The summed E-state index contributed by atoms with van der Waals surface area (Å²) in [6.45, 7) is 6.48. The highest BCUT2D eigenvalue weighted by Gasteiger charge is 2.13. The first-order valence-electron chi connectivity index (χ1n) is 6.09. The van der Waals surface area contributed by atoms with Gasteiger partial charge < -0.3 is 5.32 Å². The Bertz CT molecular complexity index is 570. The number of carbonyl (C=O) groups is 1. The van der Waals surface area contributed by atoms with E-state index in [1.165, 1.54) is 0 Å². The number of carbonyl (C=O) groups excluding carboxylic acids is 1. The highest BCUT2D eigenvalue weighted by Crippen LogP contribution is 2.13. The van der Waals surface area contributed by atoms with Crippen LogP contribution in [0.4, 0.5) is 0 Å². The molecule has 1 aromatic heterocycles. The molecule has 0 radical (unpaired) electrons. The van der Waals surface area contributed by atoms with E-state index < -0.39 is 0 Å². The summed E-state index contributed by atoms with van der Waals surface area (Å²) in [5, 5.41) is 4.25. The van der Waals surface area contributed by atoms with Crippen molar-refractivity contribution in [2.24, 2.45) is 0 Å². The van der Waals surface area contributed by atoms with Crippen LogP contribution in [0.5, 0.6) is 0 Å². The molecule has 0 aliphatic rings. The maximum absolute atomic E-state index is 12.0. The van der Waals surface area contributed by atoms with Crippen LogP contribution in [-0.2, 0) is 0 Å². The number of ketones is 1. The highest BCUT2D eigenvalue weighted by atomic mass is 16.1. The molecule has 3 heteroatoms. The normalized spacial score (nSPS) is 11.7. The molecule has 0 bridgehead atoms. The molecule has 0 saturated carbocycles. The van der Waals surface area contributed by atoms with Crippen LogP contribution in [-0.4, -0.2) is 22.9 Å². The van der Waals surface area contributed by atoms with Crippen molar-refractivity contribution in [3.63, 3.8) is 0 Å². The Hall–Kier alpha value is -1.74. The minimum Gasteiger partial charge on any atom is -0.305 e. The van der Waals surface area contributed by atoms with Gasteiger partial charge >= 0.3 is 0 Å². The van der Waals surface area contributed by atoms with Gasteiger partial charge in [-0.1, -0.05) is 18.2 Å². The summed E-state index contributed by atoms with van der Waals surface area (Å²) >= 11 is 0. The van der Waals surface area contributed by atoms with Crippen LogP contribution in [0.1, 0.15) is 31.1 Å². The summed E-state index contributed by atoms with van der Waals surface area (Å²) in [7, 11) is 0. The van der Waals surface area contributed by atoms with E-state index in [9.17, 15) is 4.79 Å². The molecule has 3 nitrogen and oxygen atoms in total. The van der Waals surface area contributed by atoms with Crippen molar-refractivity contribution in [2.45, 2.75) is 26.3 Å². The van der Waals surface area contributed by atoms with Gasteiger partial charge in [0.1, 0.15) is 0 Å². The average Bonchev–Trinajstić information content (AvgIpc) is 2.34. The Morgan fingerprint density at radius 2 is 2.06 bits per heavy atom. The molecule has 0 saturated heterocycles. The minimum absolute atomic E-state index is 0.0508. The van der Waals surface area contributed by atoms with Gasteiger partial charge in [-0.3, -0.25) is 9.78 Å². The maximum Gasteiger partial charge on any atom is 0.176 e. The zero-order chi connectivity index (χ0) is 13.2. The van der Waals surface area contributed by atoms with Crippen molar-refractivity contribution in [3.8, 4) is 0 Å². The second-order valence-electron chi connectivity index (χ2n) is 5.44. The van der Waals surface area contributed by atoms with Gasteiger partial charge in [0.2, 0.25) is 0 Å². The lowest BCUT2D eigenvalue weighted by molar-refractivity contribution is 0.0982. The number of aromatic nitrogens is 1. The number of nitrogens with zero attached hydrogens (tertiary/aromatic N) is 1. The number of hydrogen-bond donors (Lipinski definition) is 1. The van der Waals surface area contributed by atoms with Gasteiger partial charge in [-0.2, -0.15) is 0 Å². The van der Waals surface area contributed by atoms with Crippen LogP contribution in [0.15, 0.2) is 36.5 Å². The molecule has 0 atom stereocenters. The largest absolute Gasteiger partial charge is 0.305 e. The molecule has 1 aromatic carbocycles. The molecular formula is C15H18N2O. The number of nitrogens with one attached hydrogen (secondary N) is 1. The Labute approximate surface area is 107 Å². The number of rotatable bonds is 3. The van der Waals surface area contributed by atoms with Gasteiger partial charge in [0.05, 0.1) is 12.1 Å². The fourth-order valence-electron chi connectivity index (χ4n) is 1.69. The second kappa shape index (κ2) is 4.86. The molecule has 2 rings (SSSR count). The highest BCUT2D eigenvalue weighted by molar-refractivity contribution is 6.00. The molecule has 0 spiro atoms. The number of fused-ring (bicyclic) bond motifs is 1. The standard InChI is InChI=1S/C15H18N2O/c1-15(2,3)17-10-14(18)12-7-6-11-5-4-8-16-13(11)9-12/h4-9,17H,10H2,1-3H3. The number of benzene rings is 1. The summed E-state index contributed by atoms with van der Waals surface area (Å²) in [6.07, 6.45) is 1.74. The summed E-state index contributed by atoms with van der Waals surface area (Å²) in [5.74, 6) is 0.0949. The van der Waals surface area contributed by atoms with E-state index in [4.69, 9.17) is 0 Å². The van der Waals surface area contributed by atoms with Crippen LogP contribution < -0.4 is 5.32 Å². The monoisotopic (exact) mass is 242 g/mol. The van der Waals surface area contributed by atoms with E-state index >= 15 is 0 Å². The molecular weight excluding hydrogens is 224 g/mol. The molecule has 0 fully saturated rings. The van der Waals surface area contributed by atoms with Crippen molar-refractivity contribution in [1.29, 1.82) is 0 Å². The van der Waals surface area contributed by atoms with Crippen molar-refractivity contribution in [2.75, 3.05) is 6.54 Å². The van der Waals surface area contributed by atoms with E-state index in [2.05, 4.69) is 10.3 Å².